The topological polar surface area (TPSA) is 37.1 Å². The standard InChI is InChI=1S/C11H21NO2S/c1-11(2,3)7-8-15(13,14)12-9-5-4-6-10(9)12/h9-10H,4-8H2,1-3H3. The zero-order valence-electron chi connectivity index (χ0n) is 9.86. The second-order valence-corrected chi connectivity index (χ2v) is 8.02. The largest absolute Gasteiger partial charge is 0.214 e. The fraction of sp³-hybridized carbons (Fsp3) is 1.00. The Labute approximate surface area is 92.9 Å². The van der Waals surface area contributed by atoms with Crippen LogP contribution in [0.15, 0.2) is 0 Å². The fourth-order valence-electron chi connectivity index (χ4n) is 2.44. The highest BCUT2D eigenvalue weighted by molar-refractivity contribution is 7.89. The molecule has 0 bridgehead atoms. The summed E-state index contributed by atoms with van der Waals surface area (Å²) in [4.78, 5) is 0. The molecular formula is C11H21NO2S. The Bertz CT molecular complexity index is 332. The number of hydrogen-bond donors (Lipinski definition) is 0. The van der Waals surface area contributed by atoms with Crippen molar-refractivity contribution >= 4 is 10.0 Å². The van der Waals surface area contributed by atoms with Gasteiger partial charge in [-0.25, -0.2) is 8.42 Å². The quantitative estimate of drug-likeness (QED) is 0.697. The molecule has 0 N–H and O–H groups in total. The zero-order chi connectivity index (χ0) is 11.3. The smallest absolute Gasteiger partial charge is 0.212 e. The molecule has 88 valence electrons. The molecule has 0 aromatic heterocycles. The van der Waals surface area contributed by atoms with Crippen molar-refractivity contribution in [3.8, 4) is 0 Å². The van der Waals surface area contributed by atoms with Crippen molar-refractivity contribution in [1.29, 1.82) is 0 Å². The third-order valence-electron chi connectivity index (χ3n) is 3.44. The van der Waals surface area contributed by atoms with Crippen LogP contribution in [0.3, 0.4) is 0 Å². The van der Waals surface area contributed by atoms with E-state index >= 15 is 0 Å². The van der Waals surface area contributed by atoms with E-state index in [0.29, 0.717) is 17.8 Å². The minimum absolute atomic E-state index is 0.109. The number of sulfonamides is 1. The molecule has 1 saturated heterocycles. The Kier molecular flexibility index (Phi) is 2.62. The van der Waals surface area contributed by atoms with Crippen LogP contribution in [0.2, 0.25) is 0 Å². The summed E-state index contributed by atoms with van der Waals surface area (Å²) in [5, 5.41) is 0. The third kappa shape index (κ3) is 2.36. The number of fused-ring (bicyclic) bond motifs is 1. The summed E-state index contributed by atoms with van der Waals surface area (Å²) in [6, 6.07) is 0.741. The summed E-state index contributed by atoms with van der Waals surface area (Å²) in [5.41, 5.74) is 0.109. The molecule has 3 nitrogen and oxygen atoms in total. The summed E-state index contributed by atoms with van der Waals surface area (Å²) >= 11 is 0. The number of nitrogens with zero attached hydrogens (tertiary/aromatic N) is 1. The lowest BCUT2D eigenvalue weighted by molar-refractivity contribution is 0.393. The van der Waals surface area contributed by atoms with E-state index in [1.807, 2.05) is 0 Å². The average molecular weight is 231 g/mol. The van der Waals surface area contributed by atoms with Crippen LogP contribution in [-0.4, -0.2) is 30.6 Å². The third-order valence-corrected chi connectivity index (χ3v) is 5.34. The lowest BCUT2D eigenvalue weighted by Crippen LogP contribution is -2.23. The van der Waals surface area contributed by atoms with Crippen LogP contribution in [0, 0.1) is 5.41 Å². The molecule has 0 radical (unpaired) electrons. The van der Waals surface area contributed by atoms with Gasteiger partial charge in [0.2, 0.25) is 10.0 Å². The van der Waals surface area contributed by atoms with Crippen LogP contribution in [0.5, 0.6) is 0 Å². The second kappa shape index (κ2) is 3.45. The highest BCUT2D eigenvalue weighted by Crippen LogP contribution is 2.45. The van der Waals surface area contributed by atoms with Gasteiger partial charge in [-0.15, -0.1) is 0 Å². The van der Waals surface area contributed by atoms with Crippen LogP contribution in [0.4, 0.5) is 0 Å². The van der Waals surface area contributed by atoms with E-state index in [4.69, 9.17) is 0 Å². The maximum absolute atomic E-state index is 12.0. The van der Waals surface area contributed by atoms with Gasteiger partial charge >= 0.3 is 0 Å². The number of piperidine rings is 1. The van der Waals surface area contributed by atoms with E-state index in [0.717, 1.165) is 19.3 Å². The van der Waals surface area contributed by atoms with E-state index in [1.165, 1.54) is 6.42 Å². The highest BCUT2D eigenvalue weighted by atomic mass is 32.2. The van der Waals surface area contributed by atoms with Crippen molar-refractivity contribution in [2.45, 2.75) is 58.5 Å². The Morgan fingerprint density at radius 1 is 1.20 bits per heavy atom. The lowest BCUT2D eigenvalue weighted by Gasteiger charge is -2.18. The average Bonchev–Trinajstić information content (AvgIpc) is 2.60. The molecule has 2 fully saturated rings. The van der Waals surface area contributed by atoms with E-state index in [1.54, 1.807) is 4.31 Å². The van der Waals surface area contributed by atoms with Gasteiger partial charge in [-0.1, -0.05) is 27.2 Å². The molecule has 2 unspecified atom stereocenters. The molecule has 2 atom stereocenters. The number of rotatable bonds is 3. The Morgan fingerprint density at radius 2 is 1.73 bits per heavy atom. The first-order chi connectivity index (χ1) is 6.81. The molecule has 1 heterocycles. The molecule has 0 amide bonds. The van der Waals surface area contributed by atoms with Crippen molar-refractivity contribution < 1.29 is 8.42 Å². The summed E-state index contributed by atoms with van der Waals surface area (Å²) in [5.74, 6) is 0.323. The fourth-order valence-corrected chi connectivity index (χ4v) is 4.78. The van der Waals surface area contributed by atoms with Crippen molar-refractivity contribution in [1.82, 2.24) is 4.31 Å². The van der Waals surface area contributed by atoms with E-state index in [9.17, 15) is 8.42 Å². The maximum atomic E-state index is 12.0. The van der Waals surface area contributed by atoms with Crippen LogP contribution in [0.25, 0.3) is 0 Å². The molecule has 1 aliphatic heterocycles. The molecule has 2 aliphatic rings. The van der Waals surface area contributed by atoms with Crippen molar-refractivity contribution in [2.75, 3.05) is 5.75 Å². The first-order valence-corrected chi connectivity index (χ1v) is 7.43. The minimum Gasteiger partial charge on any atom is -0.212 e. The SMILES string of the molecule is CC(C)(C)CCS(=O)(=O)N1C2CCCC21. The second-order valence-electron chi connectivity index (χ2n) is 6.02. The summed E-state index contributed by atoms with van der Waals surface area (Å²) in [7, 11) is -2.95. The van der Waals surface area contributed by atoms with Gasteiger partial charge in [0, 0.05) is 12.1 Å². The predicted molar refractivity (Wildman–Crippen MR) is 61.1 cm³/mol. The molecular weight excluding hydrogens is 210 g/mol. The van der Waals surface area contributed by atoms with E-state index in [-0.39, 0.29) is 5.41 Å². The Morgan fingerprint density at radius 3 is 2.20 bits per heavy atom. The van der Waals surface area contributed by atoms with E-state index in [2.05, 4.69) is 20.8 Å². The summed E-state index contributed by atoms with van der Waals surface area (Å²) in [6.45, 7) is 6.27. The van der Waals surface area contributed by atoms with Crippen molar-refractivity contribution in [3.63, 3.8) is 0 Å². The van der Waals surface area contributed by atoms with Gasteiger partial charge in [-0.3, -0.25) is 0 Å². The van der Waals surface area contributed by atoms with Gasteiger partial charge in [0.15, 0.2) is 0 Å². The first kappa shape index (κ1) is 11.4. The van der Waals surface area contributed by atoms with Crippen molar-refractivity contribution in [3.05, 3.63) is 0 Å². The first-order valence-electron chi connectivity index (χ1n) is 5.82. The molecule has 1 saturated carbocycles. The molecule has 0 aromatic rings. The van der Waals surface area contributed by atoms with Crippen LogP contribution < -0.4 is 0 Å². The van der Waals surface area contributed by atoms with Crippen LogP contribution in [0.1, 0.15) is 46.5 Å². The Balaban J connectivity index is 1.92. The molecule has 2 rings (SSSR count). The van der Waals surface area contributed by atoms with Crippen LogP contribution >= 0.6 is 0 Å². The van der Waals surface area contributed by atoms with Crippen molar-refractivity contribution in [2.24, 2.45) is 5.41 Å². The van der Waals surface area contributed by atoms with Gasteiger partial charge < -0.3 is 0 Å². The predicted octanol–water partition coefficient (Wildman–Crippen LogP) is 1.99. The van der Waals surface area contributed by atoms with Gasteiger partial charge in [0.05, 0.1) is 5.75 Å². The number of hydrogen-bond acceptors (Lipinski definition) is 2. The van der Waals surface area contributed by atoms with E-state index < -0.39 is 10.0 Å². The normalized spacial score (nSPS) is 35.3. The van der Waals surface area contributed by atoms with Gasteiger partial charge in [0.1, 0.15) is 0 Å². The Hall–Kier alpha value is -0.0900. The molecule has 15 heavy (non-hydrogen) atoms. The zero-order valence-corrected chi connectivity index (χ0v) is 10.7. The van der Waals surface area contributed by atoms with Gasteiger partial charge in [-0.2, -0.15) is 4.31 Å². The maximum Gasteiger partial charge on any atom is 0.214 e. The van der Waals surface area contributed by atoms with Crippen LogP contribution in [-0.2, 0) is 10.0 Å². The summed E-state index contributed by atoms with van der Waals surface area (Å²) < 4.78 is 25.7. The van der Waals surface area contributed by atoms with Gasteiger partial charge in [-0.05, 0) is 24.7 Å². The minimum atomic E-state index is -2.95. The van der Waals surface area contributed by atoms with Gasteiger partial charge in [0.25, 0.3) is 0 Å². The monoisotopic (exact) mass is 231 g/mol. The molecule has 4 heteroatoms. The molecule has 1 aliphatic carbocycles. The lowest BCUT2D eigenvalue weighted by atomic mass is 9.94. The summed E-state index contributed by atoms with van der Waals surface area (Å²) in [6.07, 6.45) is 4.13. The highest BCUT2D eigenvalue weighted by Gasteiger charge is 2.56. The molecule has 0 spiro atoms. The molecule has 0 aromatic carbocycles.